The van der Waals surface area contributed by atoms with Crippen molar-refractivity contribution in [2.75, 3.05) is 20.3 Å². The molecule has 1 N–H and O–H groups in total. The number of methoxy groups -OCH3 is 1. The van der Waals surface area contributed by atoms with Crippen LogP contribution < -0.4 is 4.74 Å². The van der Waals surface area contributed by atoms with E-state index in [0.29, 0.717) is 26.2 Å². The summed E-state index contributed by atoms with van der Waals surface area (Å²) in [5, 5.41) is 10.4. The molecule has 3 aromatic rings. The zero-order valence-electron chi connectivity index (χ0n) is 15.4. The van der Waals surface area contributed by atoms with E-state index in [4.69, 9.17) is 18.3 Å². The normalized spacial score (nSPS) is 12.4. The molecule has 0 bridgehead atoms. The molecule has 0 saturated carbocycles. The van der Waals surface area contributed by atoms with Crippen LogP contribution in [0.15, 0.2) is 69.9 Å². The molecule has 0 spiro atoms. The van der Waals surface area contributed by atoms with E-state index in [-0.39, 0.29) is 6.61 Å². The summed E-state index contributed by atoms with van der Waals surface area (Å²) < 4.78 is 21.5. The first kappa shape index (κ1) is 19.2. The minimum Gasteiger partial charge on any atom is -0.497 e. The molecule has 1 aromatic carbocycles. The van der Waals surface area contributed by atoms with E-state index < -0.39 is 6.10 Å². The van der Waals surface area contributed by atoms with Crippen molar-refractivity contribution in [2.24, 2.45) is 0 Å². The van der Waals surface area contributed by atoms with Gasteiger partial charge in [-0.3, -0.25) is 4.90 Å². The van der Waals surface area contributed by atoms with Gasteiger partial charge >= 0.3 is 0 Å². The molecule has 6 heteroatoms. The van der Waals surface area contributed by atoms with Crippen LogP contribution in [0.5, 0.6) is 5.75 Å². The van der Waals surface area contributed by atoms with Crippen molar-refractivity contribution in [3.8, 4) is 5.75 Å². The Morgan fingerprint density at radius 2 is 1.78 bits per heavy atom. The Kier molecular flexibility index (Phi) is 7.10. The predicted molar refractivity (Wildman–Crippen MR) is 100 cm³/mol. The van der Waals surface area contributed by atoms with Gasteiger partial charge < -0.3 is 23.4 Å². The van der Waals surface area contributed by atoms with Gasteiger partial charge in [0.1, 0.15) is 23.9 Å². The van der Waals surface area contributed by atoms with E-state index in [1.165, 1.54) is 0 Å². The zero-order chi connectivity index (χ0) is 18.9. The molecule has 27 heavy (non-hydrogen) atoms. The molecule has 0 aliphatic carbocycles. The second-order valence-electron chi connectivity index (χ2n) is 6.35. The van der Waals surface area contributed by atoms with Gasteiger partial charge in [-0.2, -0.15) is 0 Å². The Morgan fingerprint density at radius 3 is 2.48 bits per heavy atom. The van der Waals surface area contributed by atoms with Gasteiger partial charge in [0.25, 0.3) is 0 Å². The van der Waals surface area contributed by atoms with Crippen LogP contribution in [0.2, 0.25) is 0 Å². The van der Waals surface area contributed by atoms with E-state index in [1.807, 2.05) is 48.5 Å². The Hall–Kier alpha value is -2.54. The van der Waals surface area contributed by atoms with Crippen LogP contribution in [0, 0.1) is 0 Å². The SMILES string of the molecule is COc1cccc(CN(Cc2ccco2)C[C@@H](O)COCc2ccco2)c1. The first-order valence-corrected chi connectivity index (χ1v) is 8.89. The van der Waals surface area contributed by atoms with Gasteiger partial charge in [-0.25, -0.2) is 0 Å². The van der Waals surface area contributed by atoms with E-state index in [9.17, 15) is 5.11 Å². The second-order valence-corrected chi connectivity index (χ2v) is 6.35. The summed E-state index contributed by atoms with van der Waals surface area (Å²) in [7, 11) is 1.65. The molecular weight excluding hydrogens is 346 g/mol. The van der Waals surface area contributed by atoms with Crippen molar-refractivity contribution in [1.82, 2.24) is 4.90 Å². The Balaban J connectivity index is 1.56. The van der Waals surface area contributed by atoms with Gasteiger partial charge in [0, 0.05) is 13.1 Å². The van der Waals surface area contributed by atoms with Crippen molar-refractivity contribution in [2.45, 2.75) is 25.8 Å². The second kappa shape index (κ2) is 9.97. The van der Waals surface area contributed by atoms with Crippen molar-refractivity contribution in [3.63, 3.8) is 0 Å². The first-order chi connectivity index (χ1) is 13.2. The zero-order valence-corrected chi connectivity index (χ0v) is 15.4. The van der Waals surface area contributed by atoms with Crippen molar-refractivity contribution in [1.29, 1.82) is 0 Å². The lowest BCUT2D eigenvalue weighted by Crippen LogP contribution is -2.34. The molecule has 1 atom stereocenters. The summed E-state index contributed by atoms with van der Waals surface area (Å²) in [5.41, 5.74) is 1.10. The van der Waals surface area contributed by atoms with Crippen LogP contribution in [0.3, 0.4) is 0 Å². The number of hydrogen-bond donors (Lipinski definition) is 1. The topological polar surface area (TPSA) is 68.2 Å². The van der Waals surface area contributed by atoms with Gasteiger partial charge in [0.05, 0.1) is 38.9 Å². The summed E-state index contributed by atoms with van der Waals surface area (Å²) in [6.45, 7) is 2.29. The highest BCUT2D eigenvalue weighted by Gasteiger charge is 2.15. The van der Waals surface area contributed by atoms with Gasteiger partial charge in [0.2, 0.25) is 0 Å². The maximum atomic E-state index is 10.4. The summed E-state index contributed by atoms with van der Waals surface area (Å²) in [6, 6.07) is 15.4. The molecular formula is C21H25NO5. The molecule has 0 fully saturated rings. The molecule has 0 unspecified atom stereocenters. The smallest absolute Gasteiger partial charge is 0.129 e. The van der Waals surface area contributed by atoms with Crippen molar-refractivity contribution >= 4 is 0 Å². The van der Waals surface area contributed by atoms with E-state index in [1.54, 1.807) is 19.6 Å². The largest absolute Gasteiger partial charge is 0.497 e. The van der Waals surface area contributed by atoms with Crippen LogP contribution in [-0.2, 0) is 24.4 Å². The summed E-state index contributed by atoms with van der Waals surface area (Å²) in [5.74, 6) is 2.40. The molecule has 0 aliphatic rings. The summed E-state index contributed by atoms with van der Waals surface area (Å²) >= 11 is 0. The molecule has 0 aliphatic heterocycles. The number of aliphatic hydroxyl groups is 1. The quantitative estimate of drug-likeness (QED) is 0.557. The molecule has 0 amide bonds. The standard InChI is InChI=1S/C21H25NO5/c1-24-19-6-2-5-17(11-19)12-22(14-20-7-3-9-26-20)13-18(23)15-25-16-21-8-4-10-27-21/h2-11,18,23H,12-16H2,1H3/t18-/m1/s1. The average Bonchev–Trinajstić information content (AvgIpc) is 3.36. The molecule has 6 nitrogen and oxygen atoms in total. The fourth-order valence-electron chi connectivity index (χ4n) is 2.88. The fourth-order valence-corrected chi connectivity index (χ4v) is 2.88. The number of aliphatic hydroxyl groups excluding tert-OH is 1. The molecule has 2 heterocycles. The van der Waals surface area contributed by atoms with Crippen LogP contribution in [0.1, 0.15) is 17.1 Å². The number of benzene rings is 1. The predicted octanol–water partition coefficient (Wildman–Crippen LogP) is 3.46. The van der Waals surface area contributed by atoms with E-state index >= 15 is 0 Å². The summed E-state index contributed by atoms with van der Waals surface area (Å²) in [4.78, 5) is 2.12. The highest BCUT2D eigenvalue weighted by atomic mass is 16.5. The summed E-state index contributed by atoms with van der Waals surface area (Å²) in [6.07, 6.45) is 2.64. The molecule has 0 saturated heterocycles. The van der Waals surface area contributed by atoms with Crippen molar-refractivity contribution in [3.05, 3.63) is 78.1 Å². The Labute approximate surface area is 158 Å². The number of furan rings is 2. The maximum absolute atomic E-state index is 10.4. The van der Waals surface area contributed by atoms with Gasteiger partial charge in [-0.1, -0.05) is 12.1 Å². The van der Waals surface area contributed by atoms with Gasteiger partial charge in [0.15, 0.2) is 0 Å². The number of ether oxygens (including phenoxy) is 2. The lowest BCUT2D eigenvalue weighted by atomic mass is 10.2. The maximum Gasteiger partial charge on any atom is 0.129 e. The minimum atomic E-state index is -0.625. The number of rotatable bonds is 11. The highest BCUT2D eigenvalue weighted by Crippen LogP contribution is 2.16. The van der Waals surface area contributed by atoms with Gasteiger partial charge in [-0.05, 0) is 42.0 Å². The van der Waals surface area contributed by atoms with Crippen LogP contribution in [0.25, 0.3) is 0 Å². The molecule has 2 aromatic heterocycles. The van der Waals surface area contributed by atoms with Gasteiger partial charge in [-0.15, -0.1) is 0 Å². The lowest BCUT2D eigenvalue weighted by Gasteiger charge is -2.24. The monoisotopic (exact) mass is 371 g/mol. The molecule has 3 rings (SSSR count). The van der Waals surface area contributed by atoms with Crippen molar-refractivity contribution < 1.29 is 23.4 Å². The van der Waals surface area contributed by atoms with E-state index in [0.717, 1.165) is 22.8 Å². The third kappa shape index (κ3) is 6.29. The third-order valence-electron chi connectivity index (χ3n) is 4.10. The van der Waals surface area contributed by atoms with Crippen LogP contribution in [-0.4, -0.2) is 36.4 Å². The first-order valence-electron chi connectivity index (χ1n) is 8.89. The van der Waals surface area contributed by atoms with Crippen LogP contribution >= 0.6 is 0 Å². The third-order valence-corrected chi connectivity index (χ3v) is 4.10. The lowest BCUT2D eigenvalue weighted by molar-refractivity contribution is 0.00162. The fraction of sp³-hybridized carbons (Fsp3) is 0.333. The highest BCUT2D eigenvalue weighted by molar-refractivity contribution is 5.28. The Morgan fingerprint density at radius 1 is 1.00 bits per heavy atom. The van der Waals surface area contributed by atoms with Crippen LogP contribution in [0.4, 0.5) is 0 Å². The molecule has 144 valence electrons. The van der Waals surface area contributed by atoms with E-state index in [2.05, 4.69) is 4.90 Å². The number of nitrogens with zero attached hydrogens (tertiary/aromatic N) is 1. The average molecular weight is 371 g/mol. The minimum absolute atomic E-state index is 0.230. The Bertz CT molecular complexity index is 770. The number of hydrogen-bond acceptors (Lipinski definition) is 6. The molecule has 0 radical (unpaired) electrons.